The van der Waals surface area contributed by atoms with Crippen LogP contribution in [0.15, 0.2) is 0 Å². The second kappa shape index (κ2) is 2.25. The third-order valence-electron chi connectivity index (χ3n) is 2.44. The molecule has 0 fully saturated rings. The van der Waals surface area contributed by atoms with E-state index >= 15 is 0 Å². The number of aromatic nitrogens is 2. The van der Waals surface area contributed by atoms with Crippen molar-refractivity contribution in [1.29, 1.82) is 0 Å². The molecule has 0 saturated carbocycles. The Labute approximate surface area is 82.5 Å². The Balaban J connectivity index is 2.69. The van der Waals surface area contributed by atoms with Crippen molar-refractivity contribution in [3.05, 3.63) is 16.2 Å². The van der Waals surface area contributed by atoms with Gasteiger partial charge in [-0.15, -0.1) is 0 Å². The largest absolute Gasteiger partial charge is 0.357 e. The van der Waals surface area contributed by atoms with Gasteiger partial charge in [-0.1, -0.05) is 0 Å². The Bertz CT molecular complexity index is 365. The van der Waals surface area contributed by atoms with Crippen molar-refractivity contribution >= 4 is 12.2 Å². The maximum absolute atomic E-state index is 5.89. The third kappa shape index (κ3) is 1.16. The fraction of sp³-hybridized carbons (Fsp3) is 0.667. The lowest BCUT2D eigenvalue weighted by Crippen LogP contribution is -2.23. The van der Waals surface area contributed by atoms with Crippen LogP contribution in [0.25, 0.3) is 0 Å². The predicted molar refractivity (Wildman–Crippen MR) is 53.1 cm³/mol. The van der Waals surface area contributed by atoms with Crippen LogP contribution in [0.5, 0.6) is 0 Å². The van der Waals surface area contributed by atoms with Gasteiger partial charge in [-0.05, 0) is 39.9 Å². The zero-order chi connectivity index (χ0) is 9.85. The van der Waals surface area contributed by atoms with Crippen LogP contribution < -0.4 is 0 Å². The molecule has 0 spiro atoms. The molecule has 2 N–H and O–H groups in total. The van der Waals surface area contributed by atoms with Crippen molar-refractivity contribution in [1.82, 2.24) is 9.97 Å². The van der Waals surface area contributed by atoms with Gasteiger partial charge in [0, 0.05) is 0 Å². The minimum Gasteiger partial charge on any atom is -0.357 e. The first-order valence-corrected chi connectivity index (χ1v) is 4.77. The average molecular weight is 198 g/mol. The molecule has 0 unspecified atom stereocenters. The summed E-state index contributed by atoms with van der Waals surface area (Å²) in [6.45, 7) is 8.17. The lowest BCUT2D eigenvalue weighted by molar-refractivity contribution is -0.108. The fourth-order valence-electron chi connectivity index (χ4n) is 2.03. The van der Waals surface area contributed by atoms with Crippen LogP contribution >= 0.6 is 12.2 Å². The van der Waals surface area contributed by atoms with Gasteiger partial charge in [-0.3, -0.25) is 0 Å². The number of fused-ring (bicyclic) bond motifs is 1. The molecular formula is C9H14N2OS. The van der Waals surface area contributed by atoms with E-state index in [9.17, 15) is 0 Å². The number of H-pyrrole nitrogens is 2. The van der Waals surface area contributed by atoms with Crippen LogP contribution in [0.1, 0.15) is 39.1 Å². The van der Waals surface area contributed by atoms with E-state index in [4.69, 9.17) is 17.0 Å². The van der Waals surface area contributed by atoms with Crippen LogP contribution in [0, 0.1) is 4.77 Å². The Morgan fingerprint density at radius 1 is 1.00 bits per heavy atom. The van der Waals surface area contributed by atoms with E-state index in [1.807, 2.05) is 27.7 Å². The molecule has 0 aliphatic carbocycles. The summed E-state index contributed by atoms with van der Waals surface area (Å²) in [7, 11) is 0. The van der Waals surface area contributed by atoms with E-state index in [1.54, 1.807) is 0 Å². The number of ether oxygens (including phenoxy) is 1. The quantitative estimate of drug-likeness (QED) is 0.629. The van der Waals surface area contributed by atoms with Gasteiger partial charge >= 0.3 is 0 Å². The van der Waals surface area contributed by atoms with Crippen LogP contribution in [0.3, 0.4) is 0 Å². The molecule has 2 heterocycles. The maximum Gasteiger partial charge on any atom is 0.175 e. The first kappa shape index (κ1) is 8.97. The molecule has 1 aromatic heterocycles. The van der Waals surface area contributed by atoms with Gasteiger partial charge in [-0.25, -0.2) is 0 Å². The van der Waals surface area contributed by atoms with Gasteiger partial charge in [0.25, 0.3) is 0 Å². The summed E-state index contributed by atoms with van der Waals surface area (Å²) >= 11 is 5.06. The molecule has 1 aromatic rings. The number of hydrogen-bond donors (Lipinski definition) is 2. The molecule has 2 rings (SSSR count). The zero-order valence-corrected chi connectivity index (χ0v) is 9.13. The number of rotatable bonds is 0. The van der Waals surface area contributed by atoms with Crippen LogP contribution in [0.4, 0.5) is 0 Å². The number of hydrogen-bond acceptors (Lipinski definition) is 2. The average Bonchev–Trinajstić information content (AvgIpc) is 2.34. The third-order valence-corrected chi connectivity index (χ3v) is 2.65. The van der Waals surface area contributed by atoms with Crippen molar-refractivity contribution in [2.75, 3.05) is 0 Å². The van der Waals surface area contributed by atoms with Gasteiger partial charge < -0.3 is 14.7 Å². The van der Waals surface area contributed by atoms with Crippen molar-refractivity contribution in [2.45, 2.75) is 38.9 Å². The van der Waals surface area contributed by atoms with E-state index < -0.39 is 0 Å². The molecule has 1 aliphatic heterocycles. The van der Waals surface area contributed by atoms with Gasteiger partial charge in [0.1, 0.15) is 11.2 Å². The van der Waals surface area contributed by atoms with Gasteiger partial charge in [0.2, 0.25) is 0 Å². The smallest absolute Gasteiger partial charge is 0.175 e. The highest BCUT2D eigenvalue weighted by atomic mass is 32.1. The van der Waals surface area contributed by atoms with Gasteiger partial charge in [-0.2, -0.15) is 0 Å². The maximum atomic E-state index is 5.89. The first-order chi connectivity index (χ1) is 5.83. The second-order valence-corrected chi connectivity index (χ2v) is 4.86. The predicted octanol–water partition coefficient (Wildman–Crippen LogP) is 2.57. The molecule has 13 heavy (non-hydrogen) atoms. The van der Waals surface area contributed by atoms with Gasteiger partial charge in [0.15, 0.2) is 4.77 Å². The van der Waals surface area contributed by atoms with E-state index in [-0.39, 0.29) is 11.2 Å². The van der Waals surface area contributed by atoms with Crippen LogP contribution in [0.2, 0.25) is 0 Å². The van der Waals surface area contributed by atoms with Crippen molar-refractivity contribution in [2.24, 2.45) is 0 Å². The molecule has 0 aromatic carbocycles. The first-order valence-electron chi connectivity index (χ1n) is 4.36. The normalized spacial score (nSPS) is 23.1. The topological polar surface area (TPSA) is 40.8 Å². The lowest BCUT2D eigenvalue weighted by atomic mass is 10.0. The molecular weight excluding hydrogens is 184 g/mol. The second-order valence-electron chi connectivity index (χ2n) is 4.45. The van der Waals surface area contributed by atoms with E-state index in [0.717, 1.165) is 11.4 Å². The van der Waals surface area contributed by atoms with Crippen molar-refractivity contribution in [3.8, 4) is 0 Å². The zero-order valence-electron chi connectivity index (χ0n) is 8.32. The van der Waals surface area contributed by atoms with Crippen molar-refractivity contribution in [3.63, 3.8) is 0 Å². The summed E-state index contributed by atoms with van der Waals surface area (Å²) in [6, 6.07) is 0. The lowest BCUT2D eigenvalue weighted by Gasteiger charge is -2.24. The summed E-state index contributed by atoms with van der Waals surface area (Å²) in [6.07, 6.45) is 0. The van der Waals surface area contributed by atoms with E-state index in [1.165, 1.54) is 0 Å². The summed E-state index contributed by atoms with van der Waals surface area (Å²) in [4.78, 5) is 6.27. The van der Waals surface area contributed by atoms with Crippen molar-refractivity contribution < 1.29 is 4.74 Å². The number of imidazole rings is 1. The molecule has 0 bridgehead atoms. The molecule has 4 heteroatoms. The minimum absolute atomic E-state index is 0.271. The van der Waals surface area contributed by atoms with E-state index in [0.29, 0.717) is 4.77 Å². The summed E-state index contributed by atoms with van der Waals surface area (Å²) in [5.74, 6) is 0. The van der Waals surface area contributed by atoms with Crippen LogP contribution in [-0.4, -0.2) is 9.97 Å². The number of nitrogens with one attached hydrogen (secondary N) is 2. The molecule has 3 nitrogen and oxygen atoms in total. The highest BCUT2D eigenvalue weighted by Crippen LogP contribution is 2.44. The monoisotopic (exact) mass is 198 g/mol. The summed E-state index contributed by atoms with van der Waals surface area (Å²) in [5.41, 5.74) is 1.60. The highest BCUT2D eigenvalue weighted by molar-refractivity contribution is 7.71. The SMILES string of the molecule is CC1(C)OC(C)(C)c2[nH]c(=S)[nH]c21. The molecule has 0 amide bonds. The molecule has 0 radical (unpaired) electrons. The standard InChI is InChI=1S/C9H14N2OS/c1-8(2)5-6(9(3,4)12-8)11-7(13)10-5/h1-4H3,(H2,10,11,13). The molecule has 0 atom stereocenters. The Morgan fingerprint density at radius 3 is 1.77 bits per heavy atom. The highest BCUT2D eigenvalue weighted by Gasteiger charge is 2.45. The number of aromatic amines is 2. The van der Waals surface area contributed by atoms with E-state index in [2.05, 4.69) is 9.97 Å². The summed E-state index contributed by atoms with van der Waals surface area (Å²) < 4.78 is 6.57. The Morgan fingerprint density at radius 2 is 1.38 bits per heavy atom. The minimum atomic E-state index is -0.271. The molecule has 0 saturated heterocycles. The molecule has 72 valence electrons. The van der Waals surface area contributed by atoms with Crippen LogP contribution in [-0.2, 0) is 15.9 Å². The Kier molecular flexibility index (Phi) is 1.55. The summed E-state index contributed by atoms with van der Waals surface area (Å²) in [5, 5.41) is 0. The fourth-order valence-corrected chi connectivity index (χ4v) is 2.23. The molecule has 1 aliphatic rings. The van der Waals surface area contributed by atoms with Gasteiger partial charge in [0.05, 0.1) is 11.4 Å². The Hall–Kier alpha value is -0.610.